The quantitative estimate of drug-likeness (QED) is 0.761. The summed E-state index contributed by atoms with van der Waals surface area (Å²) >= 11 is 0. The Morgan fingerprint density at radius 3 is 2.08 bits per heavy atom. The van der Waals surface area contributed by atoms with Gasteiger partial charge >= 0.3 is 5.97 Å². The standard InChI is InChI=1S/C18H31N3O3/c1-19(13-18(23)24)14-8-10-20(11-9-14)12-17(22)21(16-6-7-16)15-4-2-3-5-15/h14-16H,2-13H2,1H3,(H,23,24). The number of carboxylic acid groups (broad SMARTS) is 1. The second kappa shape index (κ2) is 7.83. The zero-order valence-corrected chi connectivity index (χ0v) is 14.8. The van der Waals surface area contributed by atoms with Crippen molar-refractivity contribution in [3.8, 4) is 0 Å². The van der Waals surface area contributed by atoms with Gasteiger partial charge in [-0.3, -0.25) is 19.4 Å². The van der Waals surface area contributed by atoms with Crippen molar-refractivity contribution in [2.75, 3.05) is 33.2 Å². The molecule has 1 aliphatic heterocycles. The van der Waals surface area contributed by atoms with E-state index in [2.05, 4.69) is 9.80 Å². The van der Waals surface area contributed by atoms with Crippen LogP contribution in [0.4, 0.5) is 0 Å². The van der Waals surface area contributed by atoms with Gasteiger partial charge in [-0.15, -0.1) is 0 Å². The maximum atomic E-state index is 12.8. The molecule has 3 aliphatic rings. The van der Waals surface area contributed by atoms with Gasteiger partial charge in [-0.2, -0.15) is 0 Å². The number of likely N-dealkylation sites (N-methyl/N-ethyl adjacent to an activating group) is 1. The van der Waals surface area contributed by atoms with Crippen LogP contribution in [-0.2, 0) is 9.59 Å². The molecule has 2 aliphatic carbocycles. The molecular formula is C18H31N3O3. The molecule has 0 aromatic heterocycles. The Morgan fingerprint density at radius 2 is 1.54 bits per heavy atom. The van der Waals surface area contributed by atoms with Crippen molar-refractivity contribution in [3.63, 3.8) is 0 Å². The lowest BCUT2D eigenvalue weighted by molar-refractivity contribution is -0.138. The van der Waals surface area contributed by atoms with Gasteiger partial charge in [-0.05, 0) is 45.6 Å². The summed E-state index contributed by atoms with van der Waals surface area (Å²) in [5.41, 5.74) is 0. The molecule has 1 N–H and O–H groups in total. The highest BCUT2D eigenvalue weighted by Gasteiger charge is 2.38. The first kappa shape index (κ1) is 17.7. The van der Waals surface area contributed by atoms with Crippen LogP contribution in [0.25, 0.3) is 0 Å². The fraction of sp³-hybridized carbons (Fsp3) is 0.889. The SMILES string of the molecule is CN(CC(=O)O)C1CCN(CC(=O)N(C2CCCC2)C2CC2)CC1. The van der Waals surface area contributed by atoms with E-state index in [1.54, 1.807) is 0 Å². The normalized spacial score (nSPS) is 23.8. The summed E-state index contributed by atoms with van der Waals surface area (Å²) in [6.45, 7) is 2.43. The molecule has 0 atom stereocenters. The monoisotopic (exact) mass is 337 g/mol. The fourth-order valence-corrected chi connectivity index (χ4v) is 4.37. The molecule has 6 nitrogen and oxygen atoms in total. The smallest absolute Gasteiger partial charge is 0.317 e. The van der Waals surface area contributed by atoms with Crippen molar-refractivity contribution in [2.45, 2.75) is 69.5 Å². The van der Waals surface area contributed by atoms with Gasteiger partial charge in [0.25, 0.3) is 0 Å². The van der Waals surface area contributed by atoms with Crippen LogP contribution >= 0.6 is 0 Å². The summed E-state index contributed by atoms with van der Waals surface area (Å²) in [4.78, 5) is 30.1. The minimum absolute atomic E-state index is 0.0980. The van der Waals surface area contributed by atoms with E-state index in [9.17, 15) is 9.59 Å². The number of hydrogen-bond acceptors (Lipinski definition) is 4. The lowest BCUT2D eigenvalue weighted by atomic mass is 10.0. The minimum Gasteiger partial charge on any atom is -0.480 e. The van der Waals surface area contributed by atoms with E-state index in [4.69, 9.17) is 5.11 Å². The van der Waals surface area contributed by atoms with Gasteiger partial charge in [-0.1, -0.05) is 12.8 Å². The van der Waals surface area contributed by atoms with Gasteiger partial charge in [-0.25, -0.2) is 0 Å². The molecule has 3 rings (SSSR count). The highest BCUT2D eigenvalue weighted by Crippen LogP contribution is 2.34. The van der Waals surface area contributed by atoms with Crippen molar-refractivity contribution in [1.82, 2.24) is 14.7 Å². The number of piperidine rings is 1. The predicted octanol–water partition coefficient (Wildman–Crippen LogP) is 1.40. The molecule has 0 spiro atoms. The van der Waals surface area contributed by atoms with Crippen LogP contribution in [0, 0.1) is 0 Å². The van der Waals surface area contributed by atoms with Gasteiger partial charge < -0.3 is 10.0 Å². The van der Waals surface area contributed by atoms with E-state index in [1.165, 1.54) is 38.5 Å². The second-order valence-electron chi connectivity index (χ2n) is 7.79. The molecule has 24 heavy (non-hydrogen) atoms. The molecule has 0 unspecified atom stereocenters. The minimum atomic E-state index is -0.772. The van der Waals surface area contributed by atoms with E-state index in [1.807, 2.05) is 11.9 Å². The molecule has 0 radical (unpaired) electrons. The first-order valence-corrected chi connectivity index (χ1v) is 9.50. The fourth-order valence-electron chi connectivity index (χ4n) is 4.37. The Bertz CT molecular complexity index is 452. The summed E-state index contributed by atoms with van der Waals surface area (Å²) in [6, 6.07) is 1.32. The Labute approximate surface area is 144 Å². The molecular weight excluding hydrogens is 306 g/mol. The maximum Gasteiger partial charge on any atom is 0.317 e. The van der Waals surface area contributed by atoms with Crippen LogP contribution in [0.2, 0.25) is 0 Å². The Morgan fingerprint density at radius 1 is 0.958 bits per heavy atom. The Kier molecular flexibility index (Phi) is 5.76. The summed E-state index contributed by atoms with van der Waals surface area (Å²) in [5, 5.41) is 8.91. The zero-order chi connectivity index (χ0) is 17.1. The van der Waals surface area contributed by atoms with Crippen LogP contribution in [0.15, 0.2) is 0 Å². The number of carbonyl (C=O) groups is 2. The zero-order valence-electron chi connectivity index (χ0n) is 14.8. The van der Waals surface area contributed by atoms with E-state index >= 15 is 0 Å². The van der Waals surface area contributed by atoms with Crippen molar-refractivity contribution >= 4 is 11.9 Å². The number of carboxylic acids is 1. The second-order valence-corrected chi connectivity index (χ2v) is 7.79. The van der Waals surface area contributed by atoms with E-state index in [0.29, 0.717) is 30.6 Å². The Balaban J connectivity index is 1.46. The van der Waals surface area contributed by atoms with Crippen LogP contribution in [0.5, 0.6) is 0 Å². The van der Waals surface area contributed by atoms with Crippen LogP contribution in [-0.4, -0.2) is 83.0 Å². The first-order chi connectivity index (χ1) is 11.5. The Hall–Kier alpha value is -1.14. The first-order valence-electron chi connectivity index (χ1n) is 9.50. The molecule has 0 bridgehead atoms. The number of likely N-dealkylation sites (tertiary alicyclic amines) is 1. The van der Waals surface area contributed by atoms with Crippen LogP contribution in [0.3, 0.4) is 0 Å². The van der Waals surface area contributed by atoms with Crippen molar-refractivity contribution in [1.29, 1.82) is 0 Å². The average molecular weight is 337 g/mol. The van der Waals surface area contributed by atoms with E-state index in [0.717, 1.165) is 25.9 Å². The van der Waals surface area contributed by atoms with Gasteiger partial charge in [0.1, 0.15) is 0 Å². The third kappa shape index (κ3) is 4.48. The lowest BCUT2D eigenvalue weighted by Gasteiger charge is -2.37. The van der Waals surface area contributed by atoms with Crippen molar-refractivity contribution in [3.05, 3.63) is 0 Å². The highest BCUT2D eigenvalue weighted by molar-refractivity contribution is 5.79. The molecule has 0 aromatic carbocycles. The summed E-state index contributed by atoms with van der Waals surface area (Å²) in [7, 11) is 1.88. The van der Waals surface area contributed by atoms with Crippen LogP contribution in [0.1, 0.15) is 51.4 Å². The predicted molar refractivity (Wildman–Crippen MR) is 91.9 cm³/mol. The average Bonchev–Trinajstić information content (AvgIpc) is 3.21. The molecule has 136 valence electrons. The molecule has 1 heterocycles. The molecule has 1 saturated heterocycles. The molecule has 0 aromatic rings. The third-order valence-corrected chi connectivity index (χ3v) is 5.87. The number of amides is 1. The van der Waals surface area contributed by atoms with E-state index in [-0.39, 0.29) is 6.54 Å². The largest absolute Gasteiger partial charge is 0.480 e. The summed E-state index contributed by atoms with van der Waals surface area (Å²) in [6.07, 6.45) is 9.17. The van der Waals surface area contributed by atoms with Gasteiger partial charge in [0.05, 0.1) is 13.1 Å². The molecule has 6 heteroatoms. The number of hydrogen-bond donors (Lipinski definition) is 1. The summed E-state index contributed by atoms with van der Waals surface area (Å²) in [5.74, 6) is -0.450. The molecule has 3 fully saturated rings. The number of aliphatic carboxylic acids is 1. The van der Waals surface area contributed by atoms with Gasteiger partial charge in [0.2, 0.25) is 5.91 Å². The highest BCUT2D eigenvalue weighted by atomic mass is 16.4. The molecule has 2 saturated carbocycles. The lowest BCUT2D eigenvalue weighted by Crippen LogP contribution is -2.50. The van der Waals surface area contributed by atoms with Crippen LogP contribution < -0.4 is 0 Å². The topological polar surface area (TPSA) is 64.1 Å². The van der Waals surface area contributed by atoms with Crippen molar-refractivity contribution in [2.24, 2.45) is 0 Å². The van der Waals surface area contributed by atoms with E-state index < -0.39 is 5.97 Å². The van der Waals surface area contributed by atoms with Crippen molar-refractivity contribution < 1.29 is 14.7 Å². The third-order valence-electron chi connectivity index (χ3n) is 5.87. The van der Waals surface area contributed by atoms with Gasteiger partial charge in [0, 0.05) is 31.2 Å². The summed E-state index contributed by atoms with van der Waals surface area (Å²) < 4.78 is 0. The number of carbonyl (C=O) groups excluding carboxylic acids is 1. The van der Waals surface area contributed by atoms with Gasteiger partial charge in [0.15, 0.2) is 0 Å². The molecule has 1 amide bonds. The number of rotatable bonds is 7. The number of nitrogens with zero attached hydrogens (tertiary/aromatic N) is 3. The maximum absolute atomic E-state index is 12.8.